The van der Waals surface area contributed by atoms with Gasteiger partial charge in [-0.05, 0) is 24.1 Å². The number of benzene rings is 1. The Morgan fingerprint density at radius 2 is 1.80 bits per heavy atom. The van der Waals surface area contributed by atoms with Gasteiger partial charge in [0.1, 0.15) is 0 Å². The summed E-state index contributed by atoms with van der Waals surface area (Å²) >= 11 is 0. The lowest BCUT2D eigenvalue weighted by Gasteiger charge is -1.99. The quantitative estimate of drug-likeness (QED) is 0.615. The fourth-order valence-electron chi connectivity index (χ4n) is 1.15. The molecule has 0 aromatic heterocycles. The fourth-order valence-corrected chi connectivity index (χ4v) is 1.15. The van der Waals surface area contributed by atoms with E-state index in [4.69, 9.17) is 5.26 Å². The average molecular weight is 210 g/mol. The van der Waals surface area contributed by atoms with Gasteiger partial charge in [0.05, 0.1) is 5.56 Å². The van der Waals surface area contributed by atoms with Crippen LogP contribution in [0.15, 0.2) is 24.3 Å². The van der Waals surface area contributed by atoms with Gasteiger partial charge in [-0.15, -0.1) is 0 Å². The molecule has 0 aliphatic rings. The van der Waals surface area contributed by atoms with Crippen molar-refractivity contribution in [2.45, 2.75) is 33.6 Å². The predicted molar refractivity (Wildman–Crippen MR) is 59.8 cm³/mol. The zero-order valence-corrected chi connectivity index (χ0v) is 9.49. The molecule has 84 valence electrons. The molecule has 0 spiro atoms. The van der Waals surface area contributed by atoms with E-state index in [1.165, 1.54) is 5.56 Å². The second-order valence-electron chi connectivity index (χ2n) is 2.83. The molecule has 0 bridgehead atoms. The molecule has 0 radical (unpaired) electrons. The summed E-state index contributed by atoms with van der Waals surface area (Å²) in [7, 11) is 0. The molecule has 1 N–H and O–H groups in total. The van der Waals surface area contributed by atoms with E-state index in [9.17, 15) is 4.79 Å². The first-order chi connectivity index (χ1) is 7.27. The molecule has 0 aliphatic heterocycles. The molecule has 1 aromatic carbocycles. The zero-order valence-electron chi connectivity index (χ0n) is 9.49. The average Bonchev–Trinajstić information content (AvgIpc) is 2.32. The fraction of sp³-hybridized carbons (Fsp3) is 0.417. The van der Waals surface area contributed by atoms with Crippen LogP contribution in [-0.4, -0.2) is 11.2 Å². The molecule has 0 unspecified atom stereocenters. The molecule has 15 heavy (non-hydrogen) atoms. The third kappa shape index (κ3) is 4.61. The van der Waals surface area contributed by atoms with Crippen LogP contribution in [0.1, 0.15) is 43.1 Å². The largest absolute Gasteiger partial charge is 0.372 e. The minimum Gasteiger partial charge on any atom is -0.296 e. The first kappa shape index (κ1) is 13.7. The van der Waals surface area contributed by atoms with Crippen LogP contribution in [0.25, 0.3) is 0 Å². The van der Waals surface area contributed by atoms with Gasteiger partial charge >= 0.3 is 5.97 Å². The summed E-state index contributed by atoms with van der Waals surface area (Å²) in [6.45, 7) is 6.09. The van der Waals surface area contributed by atoms with Crippen LogP contribution in [0, 0.1) is 0 Å². The zero-order chi connectivity index (χ0) is 11.7. The summed E-state index contributed by atoms with van der Waals surface area (Å²) in [5.74, 6) is -0.719. The van der Waals surface area contributed by atoms with Crippen LogP contribution in [-0.2, 0) is 11.3 Å². The van der Waals surface area contributed by atoms with E-state index in [1.807, 2.05) is 26.0 Å². The number of rotatable bonds is 3. The SMILES string of the molecule is CC.CCCc1ccc(C(=O)OO)cc1. The molecule has 0 fully saturated rings. The Hall–Kier alpha value is -1.35. The highest BCUT2D eigenvalue weighted by atomic mass is 17.1. The van der Waals surface area contributed by atoms with Crippen molar-refractivity contribution >= 4 is 5.97 Å². The Labute approximate surface area is 90.6 Å². The van der Waals surface area contributed by atoms with E-state index in [-0.39, 0.29) is 0 Å². The van der Waals surface area contributed by atoms with Gasteiger partial charge in [0, 0.05) is 0 Å². The molecule has 3 heteroatoms. The van der Waals surface area contributed by atoms with Gasteiger partial charge in [0.15, 0.2) is 0 Å². The maximum absolute atomic E-state index is 10.8. The maximum atomic E-state index is 10.8. The molecular formula is C12H18O3. The van der Waals surface area contributed by atoms with Crippen LogP contribution in [0.3, 0.4) is 0 Å². The van der Waals surface area contributed by atoms with E-state index >= 15 is 0 Å². The molecule has 3 nitrogen and oxygen atoms in total. The summed E-state index contributed by atoms with van der Waals surface area (Å²) < 4.78 is 0. The summed E-state index contributed by atoms with van der Waals surface area (Å²) in [6, 6.07) is 7.00. The van der Waals surface area contributed by atoms with Crippen molar-refractivity contribution in [2.24, 2.45) is 0 Å². The van der Waals surface area contributed by atoms with Crippen molar-refractivity contribution in [3.8, 4) is 0 Å². The Balaban J connectivity index is 0.000000921. The highest BCUT2D eigenvalue weighted by Gasteiger charge is 2.05. The number of hydrogen-bond donors (Lipinski definition) is 1. The van der Waals surface area contributed by atoms with Gasteiger partial charge in [-0.25, -0.2) is 4.79 Å². The van der Waals surface area contributed by atoms with Gasteiger partial charge in [0.2, 0.25) is 0 Å². The molecule has 0 saturated carbocycles. The monoisotopic (exact) mass is 210 g/mol. The van der Waals surface area contributed by atoms with Crippen LogP contribution in [0.5, 0.6) is 0 Å². The molecule has 1 aromatic rings. The van der Waals surface area contributed by atoms with E-state index in [0.29, 0.717) is 5.56 Å². The van der Waals surface area contributed by atoms with Gasteiger partial charge in [-0.3, -0.25) is 4.89 Å². The molecule has 0 saturated heterocycles. The normalized spacial score (nSPS) is 8.80. The Kier molecular flexibility index (Phi) is 7.28. The molecule has 0 heterocycles. The number of carbonyl (C=O) groups excluding carboxylic acids is 1. The third-order valence-corrected chi connectivity index (χ3v) is 1.81. The molecular weight excluding hydrogens is 192 g/mol. The van der Waals surface area contributed by atoms with Gasteiger partial charge < -0.3 is 0 Å². The maximum Gasteiger partial charge on any atom is 0.372 e. The highest BCUT2D eigenvalue weighted by molar-refractivity contribution is 5.88. The summed E-state index contributed by atoms with van der Waals surface area (Å²) in [6.07, 6.45) is 2.07. The van der Waals surface area contributed by atoms with Crippen molar-refractivity contribution in [1.29, 1.82) is 0 Å². The minimum atomic E-state index is -0.719. The molecule has 1 rings (SSSR count). The highest BCUT2D eigenvalue weighted by Crippen LogP contribution is 2.07. The van der Waals surface area contributed by atoms with Crippen molar-refractivity contribution in [3.05, 3.63) is 35.4 Å². The van der Waals surface area contributed by atoms with Gasteiger partial charge in [-0.2, -0.15) is 5.26 Å². The summed E-state index contributed by atoms with van der Waals surface area (Å²) in [5.41, 5.74) is 1.54. The van der Waals surface area contributed by atoms with Crippen molar-refractivity contribution in [3.63, 3.8) is 0 Å². The number of aryl methyl sites for hydroxylation is 1. The summed E-state index contributed by atoms with van der Waals surface area (Å²) in [5, 5.41) is 8.11. The lowest BCUT2D eigenvalue weighted by molar-refractivity contribution is -0.182. The van der Waals surface area contributed by atoms with Crippen LogP contribution in [0.2, 0.25) is 0 Å². The van der Waals surface area contributed by atoms with E-state index in [1.54, 1.807) is 12.1 Å². The molecule has 0 atom stereocenters. The Morgan fingerprint density at radius 3 is 2.20 bits per heavy atom. The Morgan fingerprint density at radius 1 is 1.27 bits per heavy atom. The smallest absolute Gasteiger partial charge is 0.296 e. The Bertz CT molecular complexity index is 277. The number of carbonyl (C=O) groups is 1. The van der Waals surface area contributed by atoms with Crippen LogP contribution >= 0.6 is 0 Å². The topological polar surface area (TPSA) is 46.5 Å². The second-order valence-corrected chi connectivity index (χ2v) is 2.83. The first-order valence-corrected chi connectivity index (χ1v) is 5.22. The van der Waals surface area contributed by atoms with Crippen molar-refractivity contribution < 1.29 is 14.9 Å². The first-order valence-electron chi connectivity index (χ1n) is 5.22. The van der Waals surface area contributed by atoms with E-state index in [2.05, 4.69) is 11.8 Å². The molecule has 0 amide bonds. The van der Waals surface area contributed by atoms with Crippen LogP contribution < -0.4 is 0 Å². The van der Waals surface area contributed by atoms with Crippen molar-refractivity contribution in [2.75, 3.05) is 0 Å². The predicted octanol–water partition coefficient (Wildman–Crippen LogP) is 3.30. The van der Waals surface area contributed by atoms with E-state index in [0.717, 1.165) is 12.8 Å². The van der Waals surface area contributed by atoms with E-state index < -0.39 is 5.97 Å². The lowest BCUT2D eigenvalue weighted by atomic mass is 10.1. The summed E-state index contributed by atoms with van der Waals surface area (Å²) in [4.78, 5) is 14.4. The van der Waals surface area contributed by atoms with Crippen molar-refractivity contribution in [1.82, 2.24) is 0 Å². The molecule has 0 aliphatic carbocycles. The lowest BCUT2D eigenvalue weighted by Crippen LogP contribution is -2.01. The number of hydrogen-bond acceptors (Lipinski definition) is 3. The standard InChI is InChI=1S/C10H12O3.C2H6/c1-2-3-8-4-6-9(7-5-8)10(11)13-12;1-2/h4-7,12H,2-3H2,1H3;1-2H3. The van der Waals surface area contributed by atoms with Crippen LogP contribution in [0.4, 0.5) is 0 Å². The minimum absolute atomic E-state index is 0.363. The van der Waals surface area contributed by atoms with Gasteiger partial charge in [0.25, 0.3) is 0 Å². The van der Waals surface area contributed by atoms with Gasteiger partial charge in [-0.1, -0.05) is 39.3 Å². The third-order valence-electron chi connectivity index (χ3n) is 1.81. The second kappa shape index (κ2) is 8.00.